The van der Waals surface area contributed by atoms with Crippen LogP contribution in [0.25, 0.3) is 0 Å². The Bertz CT molecular complexity index is 578. The Kier molecular flexibility index (Phi) is 3.38. The summed E-state index contributed by atoms with van der Waals surface area (Å²) in [6.07, 6.45) is 0.185. The van der Waals surface area contributed by atoms with Crippen molar-refractivity contribution < 1.29 is 19.5 Å². The van der Waals surface area contributed by atoms with E-state index in [9.17, 15) is 14.4 Å². The second-order valence-corrected chi connectivity index (χ2v) is 5.50. The van der Waals surface area contributed by atoms with E-state index < -0.39 is 11.4 Å². The largest absolute Gasteiger partial charge is 0.478 e. The quantitative estimate of drug-likeness (QED) is 0.855. The van der Waals surface area contributed by atoms with Crippen LogP contribution in [-0.4, -0.2) is 34.8 Å². The Balaban J connectivity index is 2.31. The first-order valence-corrected chi connectivity index (χ1v) is 6.41. The van der Waals surface area contributed by atoms with Crippen LogP contribution >= 0.6 is 0 Å². The SMILES string of the molecule is C[C@H](c1ccc(C(=O)O)cc1)[C@]1(C)CC(=O)N(C)C1=O. The van der Waals surface area contributed by atoms with Crippen molar-refractivity contribution in [3.63, 3.8) is 0 Å². The number of aromatic carboxylic acids is 1. The van der Waals surface area contributed by atoms with Gasteiger partial charge in [0, 0.05) is 13.5 Å². The fraction of sp³-hybridized carbons (Fsp3) is 0.400. The predicted octanol–water partition coefficient (Wildman–Crippen LogP) is 1.88. The van der Waals surface area contributed by atoms with Gasteiger partial charge in [-0.1, -0.05) is 19.1 Å². The molecule has 0 radical (unpaired) electrons. The molecule has 1 aliphatic rings. The van der Waals surface area contributed by atoms with Gasteiger partial charge in [-0.05, 0) is 30.5 Å². The number of carbonyl (C=O) groups excluding carboxylic acids is 2. The fourth-order valence-corrected chi connectivity index (χ4v) is 2.63. The first kappa shape index (κ1) is 14.2. The molecule has 20 heavy (non-hydrogen) atoms. The zero-order valence-electron chi connectivity index (χ0n) is 11.7. The molecule has 0 aliphatic carbocycles. The number of benzene rings is 1. The van der Waals surface area contributed by atoms with Crippen molar-refractivity contribution in [3.8, 4) is 0 Å². The van der Waals surface area contributed by atoms with Crippen LogP contribution < -0.4 is 0 Å². The predicted molar refractivity (Wildman–Crippen MR) is 72.3 cm³/mol. The van der Waals surface area contributed by atoms with Gasteiger partial charge < -0.3 is 5.11 Å². The highest BCUT2D eigenvalue weighted by atomic mass is 16.4. The third kappa shape index (κ3) is 2.09. The van der Waals surface area contributed by atoms with Gasteiger partial charge in [0.25, 0.3) is 0 Å². The maximum absolute atomic E-state index is 12.2. The summed E-state index contributed by atoms with van der Waals surface area (Å²) in [4.78, 5) is 35.9. The number of amides is 2. The van der Waals surface area contributed by atoms with Crippen molar-refractivity contribution in [3.05, 3.63) is 35.4 Å². The average molecular weight is 275 g/mol. The molecule has 0 aromatic heterocycles. The number of imide groups is 1. The first-order valence-electron chi connectivity index (χ1n) is 6.41. The number of carboxylic acids is 1. The Morgan fingerprint density at radius 3 is 2.25 bits per heavy atom. The third-order valence-corrected chi connectivity index (χ3v) is 4.30. The zero-order valence-corrected chi connectivity index (χ0v) is 11.7. The Morgan fingerprint density at radius 1 is 1.30 bits per heavy atom. The number of hydrogen-bond donors (Lipinski definition) is 1. The third-order valence-electron chi connectivity index (χ3n) is 4.30. The molecular formula is C15H17NO4. The Labute approximate surface area is 117 Å². The van der Waals surface area contributed by atoms with Gasteiger partial charge in [0.05, 0.1) is 11.0 Å². The lowest BCUT2D eigenvalue weighted by Crippen LogP contribution is -2.34. The molecule has 2 rings (SSSR count). The number of hydrogen-bond acceptors (Lipinski definition) is 3. The topological polar surface area (TPSA) is 74.7 Å². The van der Waals surface area contributed by atoms with Crippen LogP contribution in [-0.2, 0) is 9.59 Å². The standard InChI is InChI=1S/C15H17NO4/c1-9(10-4-6-11(7-5-10)13(18)19)15(2)8-12(17)16(3)14(15)20/h4-7,9H,8H2,1-3H3,(H,18,19)/t9-,15+/m1/s1. The van der Waals surface area contributed by atoms with Crippen LogP contribution in [0.2, 0.25) is 0 Å². The van der Waals surface area contributed by atoms with Gasteiger partial charge >= 0.3 is 5.97 Å². The monoisotopic (exact) mass is 275 g/mol. The van der Waals surface area contributed by atoms with Crippen molar-refractivity contribution in [2.45, 2.75) is 26.2 Å². The summed E-state index contributed by atoms with van der Waals surface area (Å²) in [5.41, 5.74) is 0.294. The summed E-state index contributed by atoms with van der Waals surface area (Å²) in [7, 11) is 1.50. The van der Waals surface area contributed by atoms with E-state index in [2.05, 4.69) is 0 Å². The molecule has 106 valence electrons. The van der Waals surface area contributed by atoms with Crippen LogP contribution in [0.1, 0.15) is 42.1 Å². The van der Waals surface area contributed by atoms with Gasteiger partial charge in [-0.25, -0.2) is 4.79 Å². The molecule has 1 aromatic carbocycles. The summed E-state index contributed by atoms with van der Waals surface area (Å²) in [5.74, 6) is -1.50. The van der Waals surface area contributed by atoms with E-state index in [1.807, 2.05) is 6.92 Å². The van der Waals surface area contributed by atoms with Crippen molar-refractivity contribution in [1.29, 1.82) is 0 Å². The molecule has 0 saturated carbocycles. The highest BCUT2D eigenvalue weighted by Gasteiger charge is 2.50. The average Bonchev–Trinajstić information content (AvgIpc) is 2.63. The Hall–Kier alpha value is -2.17. The smallest absolute Gasteiger partial charge is 0.335 e. The number of carboxylic acid groups (broad SMARTS) is 1. The molecule has 0 spiro atoms. The molecule has 2 amide bonds. The lowest BCUT2D eigenvalue weighted by atomic mass is 9.73. The summed E-state index contributed by atoms with van der Waals surface area (Å²) in [6, 6.07) is 6.44. The van der Waals surface area contributed by atoms with Crippen LogP contribution in [0.15, 0.2) is 24.3 Å². The number of nitrogens with zero attached hydrogens (tertiary/aromatic N) is 1. The van der Waals surface area contributed by atoms with Crippen molar-refractivity contribution in [1.82, 2.24) is 4.90 Å². The molecule has 0 unspecified atom stereocenters. The van der Waals surface area contributed by atoms with Gasteiger partial charge in [0.15, 0.2) is 0 Å². The maximum Gasteiger partial charge on any atom is 0.335 e. The van der Waals surface area contributed by atoms with E-state index in [4.69, 9.17) is 5.11 Å². The summed E-state index contributed by atoms with van der Waals surface area (Å²) in [5, 5.41) is 8.88. The summed E-state index contributed by atoms with van der Waals surface area (Å²) in [6.45, 7) is 3.67. The highest BCUT2D eigenvalue weighted by molar-refractivity contribution is 6.05. The lowest BCUT2D eigenvalue weighted by molar-refractivity contribution is -0.139. The van der Waals surface area contributed by atoms with Crippen molar-refractivity contribution >= 4 is 17.8 Å². The summed E-state index contributed by atoms with van der Waals surface area (Å²) >= 11 is 0. The van der Waals surface area contributed by atoms with Crippen LogP contribution in [0.5, 0.6) is 0 Å². The van der Waals surface area contributed by atoms with Gasteiger partial charge in [-0.2, -0.15) is 0 Å². The minimum Gasteiger partial charge on any atom is -0.478 e. The van der Waals surface area contributed by atoms with Crippen LogP contribution in [0.3, 0.4) is 0 Å². The molecule has 1 heterocycles. The molecule has 2 atom stereocenters. The summed E-state index contributed by atoms with van der Waals surface area (Å²) < 4.78 is 0. The molecule has 5 heteroatoms. The molecule has 1 fully saturated rings. The fourth-order valence-electron chi connectivity index (χ4n) is 2.63. The Morgan fingerprint density at radius 2 is 1.85 bits per heavy atom. The van der Waals surface area contributed by atoms with Gasteiger partial charge in [-0.15, -0.1) is 0 Å². The van der Waals surface area contributed by atoms with E-state index >= 15 is 0 Å². The minimum atomic E-state index is -0.984. The molecule has 1 aromatic rings. The van der Waals surface area contributed by atoms with Crippen molar-refractivity contribution in [2.75, 3.05) is 7.05 Å². The normalized spacial score (nSPS) is 24.1. The van der Waals surface area contributed by atoms with E-state index in [-0.39, 0.29) is 29.7 Å². The van der Waals surface area contributed by atoms with Gasteiger partial charge in [0.1, 0.15) is 0 Å². The zero-order chi connectivity index (χ0) is 15.1. The van der Waals surface area contributed by atoms with Gasteiger partial charge in [0.2, 0.25) is 11.8 Å². The van der Waals surface area contributed by atoms with Crippen LogP contribution in [0, 0.1) is 5.41 Å². The lowest BCUT2D eigenvalue weighted by Gasteiger charge is -2.28. The number of rotatable bonds is 3. The minimum absolute atomic E-state index is 0.160. The molecule has 0 bridgehead atoms. The molecule has 1 saturated heterocycles. The molecular weight excluding hydrogens is 258 g/mol. The molecule has 1 aliphatic heterocycles. The molecule has 1 N–H and O–H groups in total. The number of likely N-dealkylation sites (tertiary alicyclic amines) is 1. The highest BCUT2D eigenvalue weighted by Crippen LogP contribution is 2.44. The van der Waals surface area contributed by atoms with E-state index in [1.165, 1.54) is 24.1 Å². The second-order valence-electron chi connectivity index (χ2n) is 5.50. The van der Waals surface area contributed by atoms with E-state index in [0.717, 1.165) is 5.56 Å². The van der Waals surface area contributed by atoms with Gasteiger partial charge in [-0.3, -0.25) is 14.5 Å². The number of carbonyl (C=O) groups is 3. The van der Waals surface area contributed by atoms with Crippen molar-refractivity contribution in [2.24, 2.45) is 5.41 Å². The molecule has 5 nitrogen and oxygen atoms in total. The second kappa shape index (κ2) is 4.74. The van der Waals surface area contributed by atoms with E-state index in [0.29, 0.717) is 0 Å². The van der Waals surface area contributed by atoms with E-state index in [1.54, 1.807) is 19.1 Å². The first-order chi connectivity index (χ1) is 9.27. The maximum atomic E-state index is 12.2. The van der Waals surface area contributed by atoms with Crippen LogP contribution in [0.4, 0.5) is 0 Å².